The Kier molecular flexibility index (Phi) is 3.46. The first-order chi connectivity index (χ1) is 9.67. The van der Waals surface area contributed by atoms with E-state index in [0.717, 1.165) is 27.5 Å². The maximum Gasteiger partial charge on any atom is 0.193 e. The van der Waals surface area contributed by atoms with Crippen LogP contribution >= 0.6 is 11.3 Å². The third-order valence-corrected chi connectivity index (χ3v) is 4.06. The van der Waals surface area contributed by atoms with Crippen LogP contribution in [0, 0.1) is 6.92 Å². The van der Waals surface area contributed by atoms with E-state index in [1.165, 1.54) is 0 Å². The lowest BCUT2D eigenvalue weighted by atomic mass is 10.0. The van der Waals surface area contributed by atoms with Crippen molar-refractivity contribution in [3.63, 3.8) is 0 Å². The second kappa shape index (κ2) is 5.26. The number of aliphatic hydroxyl groups excluding tert-OH is 1. The SMILES string of the molecule is COc1cc(C)ccc1C(O)Cc1cn2ccsc2n1. The van der Waals surface area contributed by atoms with Gasteiger partial charge in [0.05, 0.1) is 18.9 Å². The first-order valence-electron chi connectivity index (χ1n) is 6.41. The number of aliphatic hydroxyl groups is 1. The van der Waals surface area contributed by atoms with E-state index < -0.39 is 6.10 Å². The Labute approximate surface area is 121 Å². The standard InChI is InChI=1S/C15H16N2O2S/c1-10-3-4-12(14(7-10)19-2)13(18)8-11-9-17-5-6-20-15(17)16-11/h3-7,9,13,18H,8H2,1-2H3. The van der Waals surface area contributed by atoms with Gasteiger partial charge in [-0.25, -0.2) is 4.98 Å². The molecule has 0 aliphatic rings. The highest BCUT2D eigenvalue weighted by Gasteiger charge is 2.16. The summed E-state index contributed by atoms with van der Waals surface area (Å²) in [4.78, 5) is 5.44. The average Bonchev–Trinajstić information content (AvgIpc) is 2.99. The Morgan fingerprint density at radius 1 is 1.45 bits per heavy atom. The average molecular weight is 288 g/mol. The van der Waals surface area contributed by atoms with Gasteiger partial charge in [-0.05, 0) is 18.6 Å². The molecule has 1 N–H and O–H groups in total. The minimum absolute atomic E-state index is 0.480. The van der Waals surface area contributed by atoms with Gasteiger partial charge in [0.15, 0.2) is 4.96 Å². The number of thiazole rings is 1. The summed E-state index contributed by atoms with van der Waals surface area (Å²) in [5, 5.41) is 12.4. The summed E-state index contributed by atoms with van der Waals surface area (Å²) in [6.07, 6.45) is 3.79. The summed E-state index contributed by atoms with van der Waals surface area (Å²) >= 11 is 1.59. The first kappa shape index (κ1) is 13.1. The number of nitrogens with zero attached hydrogens (tertiary/aromatic N) is 2. The Balaban J connectivity index is 1.85. The Hall–Kier alpha value is -1.85. The number of hydrogen-bond acceptors (Lipinski definition) is 4. The van der Waals surface area contributed by atoms with E-state index in [9.17, 15) is 5.11 Å². The van der Waals surface area contributed by atoms with E-state index in [4.69, 9.17) is 4.74 Å². The third-order valence-electron chi connectivity index (χ3n) is 3.29. The molecule has 20 heavy (non-hydrogen) atoms. The molecule has 2 aromatic heterocycles. The third kappa shape index (κ3) is 2.42. The van der Waals surface area contributed by atoms with Crippen LogP contribution in [0.5, 0.6) is 5.75 Å². The molecule has 1 aromatic carbocycles. The number of benzene rings is 1. The van der Waals surface area contributed by atoms with E-state index in [-0.39, 0.29) is 0 Å². The minimum atomic E-state index is -0.616. The number of ether oxygens (including phenoxy) is 1. The maximum atomic E-state index is 10.4. The first-order valence-corrected chi connectivity index (χ1v) is 7.29. The molecule has 0 bridgehead atoms. The molecule has 0 saturated carbocycles. The van der Waals surface area contributed by atoms with Gasteiger partial charge in [0, 0.05) is 29.8 Å². The second-order valence-corrected chi connectivity index (χ2v) is 5.66. The van der Waals surface area contributed by atoms with Crippen molar-refractivity contribution in [1.29, 1.82) is 0 Å². The quantitative estimate of drug-likeness (QED) is 0.803. The van der Waals surface area contributed by atoms with Crippen LogP contribution in [0.3, 0.4) is 0 Å². The van der Waals surface area contributed by atoms with E-state index >= 15 is 0 Å². The fraction of sp³-hybridized carbons (Fsp3) is 0.267. The molecule has 104 valence electrons. The van der Waals surface area contributed by atoms with Crippen LogP contribution in [0.15, 0.2) is 36.0 Å². The molecule has 0 amide bonds. The largest absolute Gasteiger partial charge is 0.496 e. The van der Waals surface area contributed by atoms with Crippen molar-refractivity contribution >= 4 is 16.3 Å². The monoisotopic (exact) mass is 288 g/mol. The molecule has 1 atom stereocenters. The molecule has 0 aliphatic heterocycles. The number of aryl methyl sites for hydroxylation is 1. The van der Waals surface area contributed by atoms with Crippen LogP contribution in [-0.2, 0) is 6.42 Å². The molecule has 0 spiro atoms. The van der Waals surface area contributed by atoms with E-state index in [0.29, 0.717) is 6.42 Å². The zero-order chi connectivity index (χ0) is 14.1. The lowest BCUT2D eigenvalue weighted by molar-refractivity contribution is 0.173. The van der Waals surface area contributed by atoms with Gasteiger partial charge in [0.25, 0.3) is 0 Å². The van der Waals surface area contributed by atoms with Gasteiger partial charge in [-0.2, -0.15) is 0 Å². The molecule has 3 rings (SSSR count). The van der Waals surface area contributed by atoms with Gasteiger partial charge in [-0.1, -0.05) is 12.1 Å². The predicted molar refractivity (Wildman–Crippen MR) is 79.5 cm³/mol. The molecule has 2 heterocycles. The van der Waals surface area contributed by atoms with Gasteiger partial charge >= 0.3 is 0 Å². The molecule has 0 radical (unpaired) electrons. The number of methoxy groups -OCH3 is 1. The minimum Gasteiger partial charge on any atom is -0.496 e. The number of rotatable bonds is 4. The number of imidazole rings is 1. The van der Waals surface area contributed by atoms with Crippen LogP contribution < -0.4 is 4.74 Å². The van der Waals surface area contributed by atoms with Crippen LogP contribution in [-0.4, -0.2) is 21.6 Å². The zero-order valence-corrected chi connectivity index (χ0v) is 12.2. The normalized spacial score (nSPS) is 12.8. The lowest BCUT2D eigenvalue weighted by Crippen LogP contribution is -2.04. The van der Waals surface area contributed by atoms with Crippen molar-refractivity contribution in [2.75, 3.05) is 7.11 Å². The van der Waals surface area contributed by atoms with Crippen LogP contribution in [0.4, 0.5) is 0 Å². The van der Waals surface area contributed by atoms with Crippen LogP contribution in [0.2, 0.25) is 0 Å². The van der Waals surface area contributed by atoms with E-state index in [1.54, 1.807) is 18.4 Å². The highest BCUT2D eigenvalue weighted by molar-refractivity contribution is 7.15. The summed E-state index contributed by atoms with van der Waals surface area (Å²) in [6.45, 7) is 2.00. The Morgan fingerprint density at radius 3 is 3.05 bits per heavy atom. The van der Waals surface area contributed by atoms with Gasteiger partial charge in [0.1, 0.15) is 5.75 Å². The van der Waals surface area contributed by atoms with Crippen molar-refractivity contribution in [3.05, 3.63) is 52.8 Å². The van der Waals surface area contributed by atoms with Gasteiger partial charge < -0.3 is 9.84 Å². The van der Waals surface area contributed by atoms with E-state index in [1.807, 2.05) is 47.3 Å². The molecule has 5 heteroatoms. The summed E-state index contributed by atoms with van der Waals surface area (Å²) in [5.74, 6) is 0.721. The maximum absolute atomic E-state index is 10.4. The van der Waals surface area contributed by atoms with Crippen molar-refractivity contribution in [2.24, 2.45) is 0 Å². The van der Waals surface area contributed by atoms with Crippen molar-refractivity contribution in [3.8, 4) is 5.75 Å². The number of fused-ring (bicyclic) bond motifs is 1. The second-order valence-electron chi connectivity index (χ2n) is 4.79. The lowest BCUT2D eigenvalue weighted by Gasteiger charge is -2.14. The predicted octanol–water partition coefficient (Wildman–Crippen LogP) is 2.99. The molecule has 3 aromatic rings. The summed E-state index contributed by atoms with van der Waals surface area (Å²) in [6, 6.07) is 5.83. The molecule has 0 fully saturated rings. The topological polar surface area (TPSA) is 46.8 Å². The van der Waals surface area contributed by atoms with Crippen LogP contribution in [0.1, 0.15) is 22.9 Å². The fourth-order valence-electron chi connectivity index (χ4n) is 2.28. The highest BCUT2D eigenvalue weighted by atomic mass is 32.1. The number of hydrogen-bond donors (Lipinski definition) is 1. The summed E-state index contributed by atoms with van der Waals surface area (Å²) in [5.41, 5.74) is 2.79. The zero-order valence-electron chi connectivity index (χ0n) is 11.4. The molecular formula is C15H16N2O2S. The van der Waals surface area contributed by atoms with Gasteiger partial charge in [-0.15, -0.1) is 11.3 Å². The van der Waals surface area contributed by atoms with Gasteiger partial charge in [0.2, 0.25) is 0 Å². The molecule has 1 unspecified atom stereocenters. The molecule has 0 aliphatic carbocycles. The Bertz CT molecular complexity index is 704. The van der Waals surface area contributed by atoms with Crippen molar-refractivity contribution < 1.29 is 9.84 Å². The van der Waals surface area contributed by atoms with Crippen molar-refractivity contribution in [2.45, 2.75) is 19.4 Å². The smallest absolute Gasteiger partial charge is 0.193 e. The molecule has 0 saturated heterocycles. The highest BCUT2D eigenvalue weighted by Crippen LogP contribution is 2.28. The van der Waals surface area contributed by atoms with Crippen molar-refractivity contribution in [1.82, 2.24) is 9.38 Å². The summed E-state index contributed by atoms with van der Waals surface area (Å²) < 4.78 is 7.32. The molecular weight excluding hydrogens is 272 g/mol. The fourth-order valence-corrected chi connectivity index (χ4v) is 3.00. The number of aromatic nitrogens is 2. The Morgan fingerprint density at radius 2 is 2.30 bits per heavy atom. The van der Waals surface area contributed by atoms with Crippen LogP contribution in [0.25, 0.3) is 4.96 Å². The van der Waals surface area contributed by atoms with E-state index in [2.05, 4.69) is 4.98 Å². The van der Waals surface area contributed by atoms with Gasteiger partial charge in [-0.3, -0.25) is 4.40 Å². The molecule has 4 nitrogen and oxygen atoms in total. The summed E-state index contributed by atoms with van der Waals surface area (Å²) in [7, 11) is 1.62.